The van der Waals surface area contributed by atoms with E-state index < -0.39 is 0 Å². The Kier molecular flexibility index (Phi) is 4.63. The van der Waals surface area contributed by atoms with Crippen molar-refractivity contribution in [2.24, 2.45) is 7.05 Å². The van der Waals surface area contributed by atoms with Crippen molar-refractivity contribution in [3.05, 3.63) is 46.3 Å². The summed E-state index contributed by atoms with van der Waals surface area (Å²) < 4.78 is 5.17. The number of halogens is 1. The average molecular weight is 362 g/mol. The van der Waals surface area contributed by atoms with E-state index in [0.717, 1.165) is 17.8 Å². The molecule has 0 fully saturated rings. The molecule has 0 unspecified atom stereocenters. The molecule has 0 radical (unpaired) electrons. The zero-order chi connectivity index (χ0) is 18.1. The second-order valence-electron chi connectivity index (χ2n) is 5.82. The van der Waals surface area contributed by atoms with Crippen LogP contribution in [0.4, 0.5) is 5.69 Å². The molecule has 0 saturated heterocycles. The van der Waals surface area contributed by atoms with E-state index in [1.807, 2.05) is 17.8 Å². The first kappa shape index (κ1) is 17.2. The number of aromatic nitrogens is 6. The van der Waals surface area contributed by atoms with Gasteiger partial charge in [0.05, 0.1) is 35.3 Å². The van der Waals surface area contributed by atoms with Gasteiger partial charge in [-0.15, -0.1) is 0 Å². The molecule has 0 saturated carbocycles. The minimum absolute atomic E-state index is 0.317. The van der Waals surface area contributed by atoms with E-state index in [0.29, 0.717) is 28.6 Å². The zero-order valence-electron chi connectivity index (χ0n) is 14.6. The molecule has 0 atom stereocenters. The number of rotatable bonds is 5. The molecule has 3 aromatic heterocycles. The van der Waals surface area contributed by atoms with E-state index in [2.05, 4.69) is 27.5 Å². The lowest BCUT2D eigenvalue weighted by Gasteiger charge is -2.04. The summed E-state index contributed by atoms with van der Waals surface area (Å²) in [6.07, 6.45) is 5.23. The van der Waals surface area contributed by atoms with Crippen LogP contribution in [-0.4, -0.2) is 35.2 Å². The van der Waals surface area contributed by atoms with Gasteiger partial charge >= 0.3 is 0 Å². The number of nitrogens with one attached hydrogen (secondary N) is 1. The molecule has 3 aromatic rings. The molecule has 9 heteroatoms. The number of amides is 1. The molecule has 132 valence electrons. The molecule has 0 aliphatic heterocycles. The summed E-state index contributed by atoms with van der Waals surface area (Å²) in [5.74, 6) is -0.317. The van der Waals surface area contributed by atoms with Gasteiger partial charge in [0.15, 0.2) is 0 Å². The Labute approximate surface area is 150 Å². The number of hydrogen-bond donors (Lipinski definition) is 1. The van der Waals surface area contributed by atoms with Gasteiger partial charge in [-0.2, -0.15) is 15.3 Å². The van der Waals surface area contributed by atoms with Crippen molar-refractivity contribution < 1.29 is 4.79 Å². The fraction of sp³-hybridized carbons (Fsp3) is 0.375. The minimum atomic E-state index is -0.317. The highest BCUT2D eigenvalue weighted by molar-refractivity contribution is 6.34. The van der Waals surface area contributed by atoms with Crippen LogP contribution in [-0.2, 0) is 20.1 Å². The lowest BCUT2D eigenvalue weighted by molar-refractivity contribution is 0.101. The number of carbonyl (C=O) groups excluding carboxylic acids is 1. The van der Waals surface area contributed by atoms with Gasteiger partial charge in [-0.25, -0.2) is 0 Å². The monoisotopic (exact) mass is 361 g/mol. The van der Waals surface area contributed by atoms with E-state index in [9.17, 15) is 4.79 Å². The molecule has 0 spiro atoms. The van der Waals surface area contributed by atoms with Gasteiger partial charge in [-0.05, 0) is 20.8 Å². The van der Waals surface area contributed by atoms with Crippen LogP contribution in [0.15, 0.2) is 18.6 Å². The third-order valence-electron chi connectivity index (χ3n) is 4.09. The highest BCUT2D eigenvalue weighted by Crippen LogP contribution is 2.20. The van der Waals surface area contributed by atoms with Crippen molar-refractivity contribution in [1.29, 1.82) is 0 Å². The van der Waals surface area contributed by atoms with Gasteiger partial charge in [-0.1, -0.05) is 11.6 Å². The molecule has 3 rings (SSSR count). The Morgan fingerprint density at radius 3 is 2.64 bits per heavy atom. The molecule has 8 nitrogen and oxygen atoms in total. The predicted molar refractivity (Wildman–Crippen MR) is 94.9 cm³/mol. The van der Waals surface area contributed by atoms with Crippen molar-refractivity contribution in [1.82, 2.24) is 29.3 Å². The fourth-order valence-electron chi connectivity index (χ4n) is 2.72. The van der Waals surface area contributed by atoms with Gasteiger partial charge in [0, 0.05) is 31.0 Å². The Hall–Kier alpha value is -2.61. The Morgan fingerprint density at radius 2 is 2.04 bits per heavy atom. The molecule has 25 heavy (non-hydrogen) atoms. The quantitative estimate of drug-likeness (QED) is 0.756. The summed E-state index contributed by atoms with van der Waals surface area (Å²) in [6.45, 7) is 7.27. The third kappa shape index (κ3) is 3.30. The minimum Gasteiger partial charge on any atom is -0.318 e. The molecule has 0 bridgehead atoms. The van der Waals surface area contributed by atoms with Gasteiger partial charge in [0.25, 0.3) is 5.91 Å². The number of carbonyl (C=O) groups is 1. The maximum atomic E-state index is 12.4. The highest BCUT2D eigenvalue weighted by atomic mass is 35.5. The topological polar surface area (TPSA) is 82.6 Å². The Balaban J connectivity index is 1.73. The van der Waals surface area contributed by atoms with Crippen molar-refractivity contribution in [2.45, 2.75) is 33.9 Å². The van der Waals surface area contributed by atoms with Crippen LogP contribution in [0.2, 0.25) is 5.02 Å². The van der Waals surface area contributed by atoms with E-state index in [1.54, 1.807) is 31.0 Å². The molecule has 3 heterocycles. The van der Waals surface area contributed by atoms with Crippen LogP contribution < -0.4 is 5.32 Å². The Bertz CT molecular complexity index is 921. The van der Waals surface area contributed by atoms with E-state index in [-0.39, 0.29) is 5.91 Å². The second-order valence-corrected chi connectivity index (χ2v) is 6.20. The largest absolute Gasteiger partial charge is 0.318 e. The molecular weight excluding hydrogens is 342 g/mol. The smallest absolute Gasteiger partial charge is 0.275 e. The first-order chi connectivity index (χ1) is 11.9. The molecule has 0 aromatic carbocycles. The van der Waals surface area contributed by atoms with Crippen molar-refractivity contribution in [2.75, 3.05) is 5.32 Å². The van der Waals surface area contributed by atoms with E-state index in [1.165, 1.54) is 4.68 Å². The van der Waals surface area contributed by atoms with Crippen LogP contribution in [0, 0.1) is 13.8 Å². The molecule has 1 amide bonds. The maximum absolute atomic E-state index is 12.4. The number of aryl methyl sites for hydroxylation is 3. The summed E-state index contributed by atoms with van der Waals surface area (Å²) in [5, 5.41) is 15.9. The van der Waals surface area contributed by atoms with Crippen LogP contribution in [0.25, 0.3) is 0 Å². The normalized spacial score (nSPS) is 11.1. The molecular formula is C16H20ClN7O. The van der Waals surface area contributed by atoms with Crippen molar-refractivity contribution in [3.8, 4) is 0 Å². The van der Waals surface area contributed by atoms with Gasteiger partial charge in [-0.3, -0.25) is 18.8 Å². The van der Waals surface area contributed by atoms with Crippen molar-refractivity contribution >= 4 is 23.2 Å². The predicted octanol–water partition coefficient (Wildman–Crippen LogP) is 2.40. The third-order valence-corrected chi connectivity index (χ3v) is 4.54. The maximum Gasteiger partial charge on any atom is 0.275 e. The lowest BCUT2D eigenvalue weighted by atomic mass is 10.2. The summed E-state index contributed by atoms with van der Waals surface area (Å²) in [7, 11) is 1.69. The van der Waals surface area contributed by atoms with Gasteiger partial charge < -0.3 is 5.32 Å². The molecule has 1 N–H and O–H groups in total. The highest BCUT2D eigenvalue weighted by Gasteiger charge is 2.19. The van der Waals surface area contributed by atoms with E-state index in [4.69, 9.17) is 11.6 Å². The average Bonchev–Trinajstić information content (AvgIpc) is 3.21. The standard InChI is InChI=1S/C16H20ClN7O/c1-5-24-11(3)12(6-19-24)8-23-9-13(7-18-23)20-16(25)15-14(17)10(2)21-22(15)4/h6-7,9H,5,8H2,1-4H3,(H,20,25). The van der Waals surface area contributed by atoms with Crippen LogP contribution in [0.3, 0.4) is 0 Å². The molecule has 0 aliphatic carbocycles. The van der Waals surface area contributed by atoms with Crippen LogP contribution in [0.1, 0.15) is 34.4 Å². The number of nitrogens with zero attached hydrogens (tertiary/aromatic N) is 6. The summed E-state index contributed by atoms with van der Waals surface area (Å²) in [6, 6.07) is 0. The first-order valence-electron chi connectivity index (χ1n) is 7.94. The van der Waals surface area contributed by atoms with Crippen LogP contribution in [0.5, 0.6) is 0 Å². The van der Waals surface area contributed by atoms with Gasteiger partial charge in [0.1, 0.15) is 5.69 Å². The summed E-state index contributed by atoms with van der Waals surface area (Å²) in [5.41, 5.74) is 3.75. The summed E-state index contributed by atoms with van der Waals surface area (Å²) >= 11 is 6.15. The number of hydrogen-bond acceptors (Lipinski definition) is 4. The zero-order valence-corrected chi connectivity index (χ0v) is 15.4. The fourth-order valence-corrected chi connectivity index (χ4v) is 2.96. The second kappa shape index (κ2) is 6.72. The lowest BCUT2D eigenvalue weighted by Crippen LogP contribution is -2.16. The first-order valence-corrected chi connectivity index (χ1v) is 8.32. The van der Waals surface area contributed by atoms with E-state index >= 15 is 0 Å². The molecule has 0 aliphatic rings. The Morgan fingerprint density at radius 1 is 1.28 bits per heavy atom. The van der Waals surface area contributed by atoms with Gasteiger partial charge in [0.2, 0.25) is 0 Å². The SMILES string of the molecule is CCn1ncc(Cn2cc(NC(=O)c3c(Cl)c(C)nn3C)cn2)c1C. The number of anilines is 1. The summed E-state index contributed by atoms with van der Waals surface area (Å²) in [4.78, 5) is 12.4. The van der Waals surface area contributed by atoms with Crippen molar-refractivity contribution in [3.63, 3.8) is 0 Å². The van der Waals surface area contributed by atoms with Crippen LogP contribution >= 0.6 is 11.6 Å².